The van der Waals surface area contributed by atoms with E-state index in [1.165, 1.54) is 0 Å². The van der Waals surface area contributed by atoms with E-state index in [0.29, 0.717) is 12.8 Å². The van der Waals surface area contributed by atoms with Gasteiger partial charge in [0, 0.05) is 6.42 Å². The van der Waals surface area contributed by atoms with Crippen molar-refractivity contribution < 1.29 is 14.7 Å². The number of aliphatic carboxylic acids is 1. The molecule has 0 saturated carbocycles. The molecule has 0 aromatic carbocycles. The lowest BCUT2D eigenvalue weighted by Crippen LogP contribution is -2.48. The molecule has 3 heteroatoms. The molecule has 0 bridgehead atoms. The fraction of sp³-hybridized carbons (Fsp3) is 0.833. The molecular formula is C12H22O3. The van der Waals surface area contributed by atoms with E-state index in [2.05, 4.69) is 0 Å². The topological polar surface area (TPSA) is 54.4 Å². The van der Waals surface area contributed by atoms with Crippen LogP contribution in [0, 0.1) is 17.3 Å². The van der Waals surface area contributed by atoms with E-state index in [9.17, 15) is 14.7 Å². The third-order valence-electron chi connectivity index (χ3n) is 3.11. The lowest BCUT2D eigenvalue weighted by Gasteiger charge is -2.35. The monoisotopic (exact) mass is 214 g/mol. The van der Waals surface area contributed by atoms with Gasteiger partial charge in [0.15, 0.2) is 5.78 Å². The molecule has 0 spiro atoms. The first-order valence-electron chi connectivity index (χ1n) is 5.58. The van der Waals surface area contributed by atoms with Crippen molar-refractivity contribution in [2.24, 2.45) is 17.3 Å². The summed E-state index contributed by atoms with van der Waals surface area (Å²) in [6, 6.07) is 0. The van der Waals surface area contributed by atoms with Gasteiger partial charge in [0.1, 0.15) is 5.41 Å². The van der Waals surface area contributed by atoms with Gasteiger partial charge in [0.2, 0.25) is 0 Å². The Morgan fingerprint density at radius 2 is 1.53 bits per heavy atom. The van der Waals surface area contributed by atoms with Crippen LogP contribution in [0.15, 0.2) is 0 Å². The number of carboxylic acids is 1. The number of hydrogen-bond acceptors (Lipinski definition) is 2. The summed E-state index contributed by atoms with van der Waals surface area (Å²) >= 11 is 0. The van der Waals surface area contributed by atoms with Crippen molar-refractivity contribution in [3.63, 3.8) is 0 Å². The van der Waals surface area contributed by atoms with Crippen molar-refractivity contribution in [2.75, 3.05) is 0 Å². The predicted molar refractivity (Wildman–Crippen MR) is 59.7 cm³/mol. The normalized spacial score (nSPS) is 12.2. The first-order valence-corrected chi connectivity index (χ1v) is 5.58. The third-order valence-corrected chi connectivity index (χ3v) is 3.11. The van der Waals surface area contributed by atoms with Crippen molar-refractivity contribution in [1.82, 2.24) is 0 Å². The standard InChI is InChI=1S/C12H22O3/c1-6-7-10(13)12(8(2)3,9(4)5)11(14)15/h8-9H,6-7H2,1-5H3,(H,14,15). The fourth-order valence-electron chi connectivity index (χ4n) is 2.36. The minimum atomic E-state index is -1.21. The highest BCUT2D eigenvalue weighted by Crippen LogP contribution is 2.38. The maximum absolute atomic E-state index is 12.0. The molecule has 88 valence electrons. The smallest absolute Gasteiger partial charge is 0.317 e. The van der Waals surface area contributed by atoms with Gasteiger partial charge in [0.05, 0.1) is 0 Å². The molecule has 0 heterocycles. The molecule has 0 rings (SSSR count). The average molecular weight is 214 g/mol. The van der Waals surface area contributed by atoms with Crippen LogP contribution < -0.4 is 0 Å². The molecule has 0 aliphatic carbocycles. The van der Waals surface area contributed by atoms with Crippen LogP contribution in [-0.2, 0) is 9.59 Å². The summed E-state index contributed by atoms with van der Waals surface area (Å²) in [5, 5.41) is 9.34. The second-order valence-electron chi connectivity index (χ2n) is 4.66. The predicted octanol–water partition coefficient (Wildman–Crippen LogP) is 2.74. The Balaban J connectivity index is 5.32. The Morgan fingerprint density at radius 1 is 1.13 bits per heavy atom. The number of carbonyl (C=O) groups is 2. The summed E-state index contributed by atoms with van der Waals surface area (Å²) in [6.07, 6.45) is 1.05. The van der Waals surface area contributed by atoms with Gasteiger partial charge in [0.25, 0.3) is 0 Å². The van der Waals surface area contributed by atoms with Crippen molar-refractivity contribution in [2.45, 2.75) is 47.5 Å². The van der Waals surface area contributed by atoms with Crippen LogP contribution in [0.25, 0.3) is 0 Å². The van der Waals surface area contributed by atoms with Gasteiger partial charge in [-0.15, -0.1) is 0 Å². The molecule has 15 heavy (non-hydrogen) atoms. The van der Waals surface area contributed by atoms with Gasteiger partial charge in [-0.1, -0.05) is 34.6 Å². The molecule has 0 radical (unpaired) electrons. The first kappa shape index (κ1) is 14.1. The lowest BCUT2D eigenvalue weighted by atomic mass is 9.65. The van der Waals surface area contributed by atoms with Crippen molar-refractivity contribution in [1.29, 1.82) is 0 Å². The Morgan fingerprint density at radius 3 is 1.73 bits per heavy atom. The van der Waals surface area contributed by atoms with Crippen LogP contribution >= 0.6 is 0 Å². The molecule has 0 aromatic rings. The molecule has 0 aliphatic heterocycles. The van der Waals surface area contributed by atoms with Gasteiger partial charge in [-0.3, -0.25) is 9.59 Å². The summed E-state index contributed by atoms with van der Waals surface area (Å²) in [6.45, 7) is 9.12. The second-order valence-corrected chi connectivity index (χ2v) is 4.66. The van der Waals surface area contributed by atoms with E-state index in [1.54, 1.807) is 0 Å². The van der Waals surface area contributed by atoms with E-state index >= 15 is 0 Å². The molecule has 0 fully saturated rings. The summed E-state index contributed by atoms with van der Waals surface area (Å²) < 4.78 is 0. The summed E-state index contributed by atoms with van der Waals surface area (Å²) in [5.74, 6) is -1.46. The molecule has 0 atom stereocenters. The van der Waals surface area contributed by atoms with Crippen molar-refractivity contribution in [3.05, 3.63) is 0 Å². The van der Waals surface area contributed by atoms with Crippen molar-refractivity contribution in [3.8, 4) is 0 Å². The maximum atomic E-state index is 12.0. The highest BCUT2D eigenvalue weighted by atomic mass is 16.4. The van der Waals surface area contributed by atoms with Crippen LogP contribution in [0.3, 0.4) is 0 Å². The van der Waals surface area contributed by atoms with E-state index in [-0.39, 0.29) is 17.6 Å². The van der Waals surface area contributed by atoms with Crippen LogP contribution in [0.4, 0.5) is 0 Å². The van der Waals surface area contributed by atoms with E-state index in [4.69, 9.17) is 0 Å². The summed E-state index contributed by atoms with van der Waals surface area (Å²) in [4.78, 5) is 23.4. The number of carbonyl (C=O) groups excluding carboxylic acids is 1. The zero-order valence-electron chi connectivity index (χ0n) is 10.3. The number of hydrogen-bond donors (Lipinski definition) is 1. The molecule has 3 nitrogen and oxygen atoms in total. The van der Waals surface area contributed by atoms with Gasteiger partial charge in [-0.05, 0) is 18.3 Å². The Kier molecular flexibility index (Phi) is 4.98. The van der Waals surface area contributed by atoms with Crippen LogP contribution in [-0.4, -0.2) is 16.9 Å². The summed E-state index contributed by atoms with van der Waals surface area (Å²) in [5.41, 5.74) is -1.21. The number of Topliss-reactive ketones (excluding diaryl/α,β-unsaturated/α-hetero) is 1. The molecule has 0 aromatic heterocycles. The SMILES string of the molecule is CCCC(=O)C(C(=O)O)(C(C)C)C(C)C. The number of carboxylic acid groups (broad SMARTS) is 1. The zero-order valence-corrected chi connectivity index (χ0v) is 10.3. The molecule has 0 saturated heterocycles. The highest BCUT2D eigenvalue weighted by Gasteiger charge is 2.50. The molecule has 0 amide bonds. The number of rotatable bonds is 6. The fourth-order valence-corrected chi connectivity index (χ4v) is 2.36. The van der Waals surface area contributed by atoms with Crippen LogP contribution in [0.1, 0.15) is 47.5 Å². The van der Waals surface area contributed by atoms with E-state index < -0.39 is 11.4 Å². The van der Waals surface area contributed by atoms with Gasteiger partial charge >= 0.3 is 5.97 Å². The first-order chi connectivity index (χ1) is 6.81. The lowest BCUT2D eigenvalue weighted by molar-refractivity contribution is -0.162. The van der Waals surface area contributed by atoms with E-state index in [1.807, 2.05) is 34.6 Å². The average Bonchev–Trinajstić information content (AvgIpc) is 2.02. The highest BCUT2D eigenvalue weighted by molar-refractivity contribution is 6.03. The minimum Gasteiger partial charge on any atom is -0.480 e. The van der Waals surface area contributed by atoms with Gasteiger partial charge in [-0.25, -0.2) is 0 Å². The van der Waals surface area contributed by atoms with Crippen LogP contribution in [0.5, 0.6) is 0 Å². The molecule has 0 unspecified atom stereocenters. The second kappa shape index (κ2) is 5.29. The Labute approximate surface area is 91.9 Å². The van der Waals surface area contributed by atoms with Crippen LogP contribution in [0.2, 0.25) is 0 Å². The largest absolute Gasteiger partial charge is 0.480 e. The van der Waals surface area contributed by atoms with E-state index in [0.717, 1.165) is 0 Å². The third kappa shape index (κ3) is 2.39. The number of ketones is 1. The quantitative estimate of drug-likeness (QED) is 0.692. The summed E-state index contributed by atoms with van der Waals surface area (Å²) in [7, 11) is 0. The Hall–Kier alpha value is -0.860. The zero-order chi connectivity index (χ0) is 12.2. The van der Waals surface area contributed by atoms with Gasteiger partial charge < -0.3 is 5.11 Å². The molecule has 1 N–H and O–H groups in total. The molecule has 0 aliphatic rings. The van der Waals surface area contributed by atoms with Crippen molar-refractivity contribution >= 4 is 11.8 Å². The Bertz CT molecular complexity index is 233. The maximum Gasteiger partial charge on any atom is 0.317 e. The minimum absolute atomic E-state index is 0.137. The van der Waals surface area contributed by atoms with Gasteiger partial charge in [-0.2, -0.15) is 0 Å². The molecular weight excluding hydrogens is 192 g/mol.